The van der Waals surface area contributed by atoms with Crippen molar-refractivity contribution in [2.45, 2.75) is 13.3 Å². The van der Waals surface area contributed by atoms with Crippen molar-refractivity contribution in [3.8, 4) is 5.75 Å². The van der Waals surface area contributed by atoms with Crippen molar-refractivity contribution < 1.29 is 4.74 Å². The highest BCUT2D eigenvalue weighted by Crippen LogP contribution is 2.22. The summed E-state index contributed by atoms with van der Waals surface area (Å²) in [5.41, 5.74) is 6.91. The number of thiazole rings is 1. The number of nitrogens with one attached hydrogen (secondary N) is 1. The zero-order chi connectivity index (χ0) is 13.8. The van der Waals surface area contributed by atoms with Crippen LogP contribution in [0.5, 0.6) is 5.75 Å². The molecule has 6 heteroatoms. The Kier molecular flexibility index (Phi) is 4.39. The number of nitrogens with zero attached hydrogens (tertiary/aromatic N) is 1. The fourth-order valence-corrected chi connectivity index (χ4v) is 2.58. The molecule has 1 heterocycles. The van der Waals surface area contributed by atoms with E-state index in [1.54, 1.807) is 11.4 Å². The molecular weight excluding hydrogens is 282 g/mol. The van der Waals surface area contributed by atoms with Crippen LogP contribution in [0.2, 0.25) is 5.02 Å². The molecule has 0 saturated carbocycles. The van der Waals surface area contributed by atoms with Gasteiger partial charge in [0.05, 0.1) is 11.6 Å². The van der Waals surface area contributed by atoms with E-state index in [4.69, 9.17) is 27.5 Å². The molecule has 2 aromatic rings. The number of amidine groups is 1. The van der Waals surface area contributed by atoms with Crippen LogP contribution in [-0.2, 0) is 6.42 Å². The summed E-state index contributed by atoms with van der Waals surface area (Å²) in [7, 11) is 0. The van der Waals surface area contributed by atoms with E-state index in [0.29, 0.717) is 23.7 Å². The van der Waals surface area contributed by atoms with E-state index in [-0.39, 0.29) is 5.84 Å². The van der Waals surface area contributed by atoms with E-state index in [9.17, 15) is 0 Å². The topological polar surface area (TPSA) is 72.0 Å². The third kappa shape index (κ3) is 3.68. The number of hydrogen-bond acceptors (Lipinski definition) is 4. The van der Waals surface area contributed by atoms with Crippen LogP contribution in [0.4, 0.5) is 0 Å². The lowest BCUT2D eigenvalue weighted by Gasteiger charge is -2.08. The largest absolute Gasteiger partial charge is 0.493 e. The summed E-state index contributed by atoms with van der Waals surface area (Å²) >= 11 is 7.37. The highest BCUT2D eigenvalue weighted by Gasteiger charge is 2.05. The summed E-state index contributed by atoms with van der Waals surface area (Å²) in [4.78, 5) is 4.25. The van der Waals surface area contributed by atoms with Gasteiger partial charge in [0, 0.05) is 16.8 Å². The first-order valence-electron chi connectivity index (χ1n) is 5.74. The number of rotatable bonds is 5. The fraction of sp³-hybridized carbons (Fsp3) is 0.231. The van der Waals surface area contributed by atoms with Gasteiger partial charge in [0.1, 0.15) is 17.3 Å². The molecule has 4 nitrogen and oxygen atoms in total. The van der Waals surface area contributed by atoms with Gasteiger partial charge in [-0.1, -0.05) is 11.6 Å². The first-order chi connectivity index (χ1) is 9.06. The number of benzene rings is 1. The minimum atomic E-state index is -0.00281. The molecule has 3 N–H and O–H groups in total. The summed E-state index contributed by atoms with van der Waals surface area (Å²) in [6.45, 7) is 2.49. The maximum atomic E-state index is 7.29. The van der Waals surface area contributed by atoms with Gasteiger partial charge in [0.15, 0.2) is 0 Å². The molecular formula is C13H14ClN3OS. The molecule has 0 aliphatic heterocycles. The van der Waals surface area contributed by atoms with Gasteiger partial charge < -0.3 is 10.5 Å². The molecule has 0 aliphatic carbocycles. The van der Waals surface area contributed by atoms with E-state index in [0.717, 1.165) is 16.3 Å². The molecule has 0 aliphatic rings. The quantitative estimate of drug-likeness (QED) is 0.658. The number of ether oxygens (including phenoxy) is 1. The molecule has 1 aromatic heterocycles. The van der Waals surface area contributed by atoms with Crippen molar-refractivity contribution >= 4 is 28.8 Å². The Balaban J connectivity index is 1.90. The molecule has 0 saturated heterocycles. The lowest BCUT2D eigenvalue weighted by molar-refractivity contribution is 0.319. The van der Waals surface area contributed by atoms with Crippen LogP contribution in [0.25, 0.3) is 0 Å². The van der Waals surface area contributed by atoms with Gasteiger partial charge in [0.2, 0.25) is 0 Å². The predicted octanol–water partition coefficient (Wildman–Crippen LogP) is 3.01. The first kappa shape index (κ1) is 13.8. The molecule has 0 spiro atoms. The van der Waals surface area contributed by atoms with Crippen LogP contribution in [0.1, 0.15) is 16.3 Å². The van der Waals surface area contributed by atoms with E-state index >= 15 is 0 Å². The number of hydrogen-bond donors (Lipinski definition) is 2. The van der Waals surface area contributed by atoms with Gasteiger partial charge in [0.25, 0.3) is 0 Å². The van der Waals surface area contributed by atoms with Crippen LogP contribution in [0.3, 0.4) is 0 Å². The van der Waals surface area contributed by atoms with Gasteiger partial charge in [-0.3, -0.25) is 5.41 Å². The third-order valence-corrected chi connectivity index (χ3v) is 3.68. The van der Waals surface area contributed by atoms with Crippen LogP contribution < -0.4 is 10.5 Å². The lowest BCUT2D eigenvalue weighted by atomic mass is 10.2. The summed E-state index contributed by atoms with van der Waals surface area (Å²) in [5.74, 6) is 0.824. The van der Waals surface area contributed by atoms with E-state index in [1.165, 1.54) is 11.3 Å². The molecule has 0 atom stereocenters. The average molecular weight is 296 g/mol. The second-order valence-electron chi connectivity index (χ2n) is 4.05. The van der Waals surface area contributed by atoms with E-state index in [1.807, 2.05) is 19.1 Å². The standard InChI is InChI=1S/C13H14ClN3OS/c1-8-6-9(14)2-3-11(8)18-5-4-12-17-10(7-19-12)13(15)16/h2-3,6-7H,4-5H2,1H3,(H3,15,16). The van der Waals surface area contributed by atoms with Crippen molar-refractivity contribution in [1.82, 2.24) is 4.98 Å². The molecule has 0 unspecified atom stereocenters. The van der Waals surface area contributed by atoms with Crippen molar-refractivity contribution in [2.24, 2.45) is 5.73 Å². The Hall–Kier alpha value is -1.59. The summed E-state index contributed by atoms with van der Waals surface area (Å²) in [6, 6.07) is 5.54. The second-order valence-corrected chi connectivity index (χ2v) is 5.43. The van der Waals surface area contributed by atoms with Gasteiger partial charge in [-0.25, -0.2) is 4.98 Å². The molecule has 0 amide bonds. The van der Waals surface area contributed by atoms with Gasteiger partial charge in [-0.2, -0.15) is 0 Å². The molecule has 0 fully saturated rings. The Bertz CT molecular complexity index is 597. The van der Waals surface area contributed by atoms with Crippen LogP contribution in [0, 0.1) is 12.3 Å². The molecule has 0 radical (unpaired) electrons. The SMILES string of the molecule is Cc1cc(Cl)ccc1OCCc1nc(C(=N)N)cs1. The Morgan fingerprint density at radius 3 is 2.95 bits per heavy atom. The normalized spacial score (nSPS) is 10.4. The Labute approximate surface area is 120 Å². The minimum Gasteiger partial charge on any atom is -0.493 e. The van der Waals surface area contributed by atoms with Gasteiger partial charge in [-0.15, -0.1) is 11.3 Å². The van der Waals surface area contributed by atoms with Crippen molar-refractivity contribution in [1.29, 1.82) is 5.41 Å². The Morgan fingerprint density at radius 2 is 2.32 bits per heavy atom. The summed E-state index contributed by atoms with van der Waals surface area (Å²) < 4.78 is 5.69. The van der Waals surface area contributed by atoms with E-state index < -0.39 is 0 Å². The molecule has 19 heavy (non-hydrogen) atoms. The molecule has 2 rings (SSSR count). The zero-order valence-electron chi connectivity index (χ0n) is 10.4. The van der Waals surface area contributed by atoms with Crippen molar-refractivity contribution in [3.63, 3.8) is 0 Å². The monoisotopic (exact) mass is 295 g/mol. The van der Waals surface area contributed by atoms with Crippen LogP contribution in [0.15, 0.2) is 23.6 Å². The number of aromatic nitrogens is 1. The second kappa shape index (κ2) is 6.04. The van der Waals surface area contributed by atoms with Gasteiger partial charge in [-0.05, 0) is 30.7 Å². The fourth-order valence-electron chi connectivity index (χ4n) is 1.57. The number of nitrogen functional groups attached to an aromatic ring is 1. The van der Waals surface area contributed by atoms with Crippen molar-refractivity contribution in [2.75, 3.05) is 6.61 Å². The van der Waals surface area contributed by atoms with Crippen molar-refractivity contribution in [3.05, 3.63) is 44.9 Å². The number of halogens is 1. The van der Waals surface area contributed by atoms with E-state index in [2.05, 4.69) is 4.98 Å². The minimum absolute atomic E-state index is 0.00281. The smallest absolute Gasteiger partial charge is 0.142 e. The molecule has 0 bridgehead atoms. The Morgan fingerprint density at radius 1 is 1.53 bits per heavy atom. The summed E-state index contributed by atoms with van der Waals surface area (Å²) in [5, 5.41) is 10.7. The zero-order valence-corrected chi connectivity index (χ0v) is 12.0. The first-order valence-corrected chi connectivity index (χ1v) is 7.00. The van der Waals surface area contributed by atoms with Crippen LogP contribution in [-0.4, -0.2) is 17.4 Å². The molecule has 1 aromatic carbocycles. The highest BCUT2D eigenvalue weighted by molar-refractivity contribution is 7.09. The summed E-state index contributed by atoms with van der Waals surface area (Å²) in [6.07, 6.45) is 0.694. The number of nitrogens with two attached hydrogens (primary N) is 1. The van der Waals surface area contributed by atoms with Gasteiger partial charge >= 0.3 is 0 Å². The average Bonchev–Trinajstić information content (AvgIpc) is 2.81. The molecule has 100 valence electrons. The third-order valence-electron chi connectivity index (χ3n) is 2.54. The maximum absolute atomic E-state index is 7.29. The predicted molar refractivity (Wildman–Crippen MR) is 78.5 cm³/mol. The maximum Gasteiger partial charge on any atom is 0.142 e. The van der Waals surface area contributed by atoms with Crippen LogP contribution >= 0.6 is 22.9 Å². The highest BCUT2D eigenvalue weighted by atomic mass is 35.5. The lowest BCUT2D eigenvalue weighted by Crippen LogP contribution is -2.11. The number of aryl methyl sites for hydroxylation is 1.